The maximum Gasteiger partial charge on any atom is 0.271 e. The van der Waals surface area contributed by atoms with Crippen molar-refractivity contribution in [3.8, 4) is 5.69 Å². The molecule has 1 heterocycles. The number of hydrogen-bond donors (Lipinski definition) is 0. The summed E-state index contributed by atoms with van der Waals surface area (Å²) in [4.78, 5) is 11.6. The maximum atomic E-state index is 13.5. The second-order valence-corrected chi connectivity index (χ2v) is 3.56. The summed E-state index contributed by atoms with van der Waals surface area (Å²) in [6.45, 7) is 1.72. The number of nitrogens with zero attached hydrogens (tertiary/aromatic N) is 2. The van der Waals surface area contributed by atoms with Crippen LogP contribution in [0.25, 0.3) is 5.69 Å². The molecular weight excluding hydrogens is 214 g/mol. The van der Waals surface area contributed by atoms with E-state index < -0.39 is 11.6 Å². The average Bonchev–Trinajstić information content (AvgIpc) is 2.46. The van der Waals surface area contributed by atoms with Crippen molar-refractivity contribution in [2.24, 2.45) is 7.05 Å². The molecule has 84 valence electrons. The van der Waals surface area contributed by atoms with E-state index in [0.29, 0.717) is 5.69 Å². The fraction of sp³-hybridized carbons (Fsp3) is 0.182. The van der Waals surface area contributed by atoms with E-state index in [1.807, 2.05) is 0 Å². The molecular formula is C11H10F2N2O. The Balaban J connectivity index is 2.76. The quantitative estimate of drug-likeness (QED) is 0.725. The summed E-state index contributed by atoms with van der Waals surface area (Å²) in [6, 6.07) is 4.37. The summed E-state index contributed by atoms with van der Waals surface area (Å²) in [7, 11) is 1.61. The third kappa shape index (κ3) is 1.54. The molecule has 0 spiro atoms. The Kier molecular flexibility index (Phi) is 2.38. The molecule has 3 nitrogen and oxygen atoms in total. The van der Waals surface area contributed by atoms with Gasteiger partial charge < -0.3 is 0 Å². The van der Waals surface area contributed by atoms with Gasteiger partial charge in [0.05, 0.1) is 0 Å². The van der Waals surface area contributed by atoms with E-state index >= 15 is 0 Å². The first-order chi connectivity index (χ1) is 7.50. The van der Waals surface area contributed by atoms with Gasteiger partial charge in [0.25, 0.3) is 5.56 Å². The van der Waals surface area contributed by atoms with Gasteiger partial charge in [-0.3, -0.25) is 9.48 Å². The van der Waals surface area contributed by atoms with Crippen molar-refractivity contribution in [2.75, 3.05) is 0 Å². The molecule has 0 radical (unpaired) electrons. The van der Waals surface area contributed by atoms with Crippen LogP contribution in [0.4, 0.5) is 8.78 Å². The van der Waals surface area contributed by atoms with Crippen LogP contribution in [-0.2, 0) is 7.05 Å². The van der Waals surface area contributed by atoms with Crippen LogP contribution >= 0.6 is 0 Å². The highest BCUT2D eigenvalue weighted by Crippen LogP contribution is 2.13. The Morgan fingerprint density at radius 1 is 1.19 bits per heavy atom. The molecule has 1 aromatic carbocycles. The average molecular weight is 224 g/mol. The van der Waals surface area contributed by atoms with Gasteiger partial charge in [-0.2, -0.15) is 0 Å². The molecule has 0 aliphatic rings. The lowest BCUT2D eigenvalue weighted by Crippen LogP contribution is -2.20. The van der Waals surface area contributed by atoms with E-state index in [-0.39, 0.29) is 11.2 Å². The number of hydrogen-bond acceptors (Lipinski definition) is 1. The second-order valence-electron chi connectivity index (χ2n) is 3.56. The van der Waals surface area contributed by atoms with Crippen molar-refractivity contribution in [1.82, 2.24) is 9.36 Å². The van der Waals surface area contributed by atoms with Crippen LogP contribution in [0.1, 0.15) is 5.69 Å². The molecule has 0 N–H and O–H groups in total. The minimum absolute atomic E-state index is 0.0828. The Labute approximate surface area is 90.5 Å². The van der Waals surface area contributed by atoms with Gasteiger partial charge in [-0.1, -0.05) is 0 Å². The number of aryl methyl sites for hydroxylation is 1. The van der Waals surface area contributed by atoms with Gasteiger partial charge in [0.15, 0.2) is 0 Å². The van der Waals surface area contributed by atoms with E-state index in [1.54, 1.807) is 14.0 Å². The number of halogens is 2. The van der Waals surface area contributed by atoms with E-state index in [4.69, 9.17) is 0 Å². The van der Waals surface area contributed by atoms with Crippen LogP contribution in [0.3, 0.4) is 0 Å². The van der Waals surface area contributed by atoms with E-state index in [1.165, 1.54) is 10.7 Å². The Hall–Kier alpha value is -1.91. The van der Waals surface area contributed by atoms with Crippen LogP contribution in [-0.4, -0.2) is 9.36 Å². The predicted molar refractivity (Wildman–Crippen MR) is 55.7 cm³/mol. The molecule has 2 rings (SSSR count). The Bertz CT molecular complexity index is 599. The van der Waals surface area contributed by atoms with E-state index in [0.717, 1.165) is 22.9 Å². The molecule has 2 aromatic rings. The molecule has 0 saturated carbocycles. The molecule has 16 heavy (non-hydrogen) atoms. The Morgan fingerprint density at radius 2 is 1.88 bits per heavy atom. The van der Waals surface area contributed by atoms with Crippen LogP contribution in [0.2, 0.25) is 0 Å². The van der Waals surface area contributed by atoms with Crippen molar-refractivity contribution in [1.29, 1.82) is 0 Å². The van der Waals surface area contributed by atoms with Gasteiger partial charge in [0, 0.05) is 24.9 Å². The third-order valence-corrected chi connectivity index (χ3v) is 2.49. The Morgan fingerprint density at radius 3 is 2.44 bits per heavy atom. The minimum atomic E-state index is -0.635. The van der Waals surface area contributed by atoms with Crippen LogP contribution in [0.15, 0.2) is 29.1 Å². The molecule has 0 fully saturated rings. The summed E-state index contributed by atoms with van der Waals surface area (Å²) in [5, 5.41) is 0. The van der Waals surface area contributed by atoms with Crippen molar-refractivity contribution in [3.05, 3.63) is 51.9 Å². The van der Waals surface area contributed by atoms with E-state index in [9.17, 15) is 13.6 Å². The highest BCUT2D eigenvalue weighted by atomic mass is 19.1. The first-order valence-electron chi connectivity index (χ1n) is 4.72. The molecule has 0 atom stereocenters. The summed E-state index contributed by atoms with van der Waals surface area (Å²) < 4.78 is 29.1. The molecule has 5 heteroatoms. The van der Waals surface area contributed by atoms with Gasteiger partial charge in [-0.05, 0) is 19.1 Å². The summed E-state index contributed by atoms with van der Waals surface area (Å²) in [6.07, 6.45) is 0. The monoisotopic (exact) mass is 224 g/mol. The van der Waals surface area contributed by atoms with Gasteiger partial charge in [0.2, 0.25) is 0 Å². The zero-order valence-electron chi connectivity index (χ0n) is 8.87. The van der Waals surface area contributed by atoms with Crippen LogP contribution in [0, 0.1) is 18.6 Å². The molecule has 0 aliphatic carbocycles. The van der Waals surface area contributed by atoms with Gasteiger partial charge in [0.1, 0.15) is 17.3 Å². The zero-order valence-corrected chi connectivity index (χ0v) is 8.87. The highest BCUT2D eigenvalue weighted by Gasteiger charge is 2.12. The summed E-state index contributed by atoms with van der Waals surface area (Å²) in [5.41, 5.74) is 0.207. The fourth-order valence-corrected chi connectivity index (χ4v) is 1.57. The minimum Gasteiger partial charge on any atom is -0.285 e. The van der Waals surface area contributed by atoms with Crippen molar-refractivity contribution >= 4 is 0 Å². The molecule has 0 saturated heterocycles. The first kappa shape index (κ1) is 10.6. The number of rotatable bonds is 1. The fourth-order valence-electron chi connectivity index (χ4n) is 1.57. The van der Waals surface area contributed by atoms with Crippen molar-refractivity contribution < 1.29 is 8.78 Å². The van der Waals surface area contributed by atoms with Gasteiger partial charge >= 0.3 is 0 Å². The third-order valence-electron chi connectivity index (χ3n) is 2.49. The molecule has 0 aliphatic heterocycles. The van der Waals surface area contributed by atoms with Crippen LogP contribution in [0.5, 0.6) is 0 Å². The lowest BCUT2D eigenvalue weighted by atomic mass is 10.3. The molecule has 0 amide bonds. The lowest BCUT2D eigenvalue weighted by molar-refractivity contribution is 0.556. The molecule has 0 bridgehead atoms. The normalized spacial score (nSPS) is 10.8. The predicted octanol–water partition coefficient (Wildman–Crippen LogP) is 1.76. The maximum absolute atomic E-state index is 13.5. The number of benzene rings is 1. The number of aromatic nitrogens is 2. The largest absolute Gasteiger partial charge is 0.285 e. The van der Waals surface area contributed by atoms with E-state index in [2.05, 4.69) is 0 Å². The highest BCUT2D eigenvalue weighted by molar-refractivity contribution is 5.33. The van der Waals surface area contributed by atoms with Crippen LogP contribution < -0.4 is 5.56 Å². The van der Waals surface area contributed by atoms with Crippen molar-refractivity contribution in [3.63, 3.8) is 0 Å². The second kappa shape index (κ2) is 3.59. The summed E-state index contributed by atoms with van der Waals surface area (Å²) in [5.74, 6) is -1.22. The topological polar surface area (TPSA) is 26.9 Å². The molecule has 1 aromatic heterocycles. The van der Waals surface area contributed by atoms with Crippen molar-refractivity contribution in [2.45, 2.75) is 6.92 Å². The smallest absolute Gasteiger partial charge is 0.271 e. The SMILES string of the molecule is Cc1cc(=O)n(-c2cc(F)ccc2F)n1C. The lowest BCUT2D eigenvalue weighted by Gasteiger charge is -2.09. The van der Waals surface area contributed by atoms with Gasteiger partial charge in [-0.15, -0.1) is 0 Å². The zero-order chi connectivity index (χ0) is 11.9. The standard InChI is InChI=1S/C11H10F2N2O/c1-7-5-11(16)15(14(7)2)10-6-8(12)3-4-9(10)13/h3-6H,1-2H3. The van der Waals surface area contributed by atoms with Gasteiger partial charge in [-0.25, -0.2) is 13.5 Å². The molecule has 0 unspecified atom stereocenters. The summed E-state index contributed by atoms with van der Waals surface area (Å²) >= 11 is 0. The first-order valence-corrected chi connectivity index (χ1v) is 4.72.